The molecule has 2 aromatic heterocycles. The number of aliphatic hydroxyl groups excluding tert-OH is 1. The molecule has 0 unspecified atom stereocenters. The normalized spacial score (nSPS) is 29.9. The maximum absolute atomic E-state index is 13.3. The number of nitrogens with two attached hydrogens (primary N) is 1. The molecule has 0 spiro atoms. The number of imidazole rings is 1. The molecule has 25 heavy (non-hydrogen) atoms. The van der Waals surface area contributed by atoms with Crippen LogP contribution in [0.2, 0.25) is 0 Å². The molecule has 4 N–H and O–H groups in total. The molecule has 0 amide bonds. The predicted octanol–water partition coefficient (Wildman–Crippen LogP) is -0.0383. The van der Waals surface area contributed by atoms with Gasteiger partial charge in [-0.3, -0.25) is 4.57 Å². The van der Waals surface area contributed by atoms with E-state index in [4.69, 9.17) is 15.2 Å². The molecule has 136 valence electrons. The monoisotopic (exact) mass is 353 g/mol. The molecule has 2 fully saturated rings. The number of nitrogens with zero attached hydrogens (tertiary/aromatic N) is 4. The number of anilines is 1. The molecule has 4 rings (SSSR count). The number of rotatable bonds is 5. The van der Waals surface area contributed by atoms with Crippen molar-refractivity contribution in [2.45, 2.75) is 37.2 Å². The molecule has 2 aromatic rings. The van der Waals surface area contributed by atoms with Crippen LogP contribution >= 0.6 is 0 Å². The Bertz CT molecular complexity index is 783. The maximum Gasteiger partial charge on any atom is 0.320 e. The van der Waals surface area contributed by atoms with Gasteiger partial charge < -0.3 is 25.4 Å². The molecule has 0 bridgehead atoms. The van der Waals surface area contributed by atoms with Crippen LogP contribution in [0.1, 0.15) is 19.3 Å². The average Bonchev–Trinajstić information content (AvgIpc) is 3.09. The standard InChI is InChI=1S/C15H20FN5O4/c16-4-10-15(23,9(22)6-24-10)21-7-18-11-12(17)19-14(20-13(11)21)25-5-8-2-1-3-8/h7-10,22-23H,1-6H2,(H2,17,19,20)/t9-,10+,15+/m0/s1. The third-order valence-corrected chi connectivity index (χ3v) is 5.02. The quantitative estimate of drug-likeness (QED) is 0.683. The lowest BCUT2D eigenvalue weighted by molar-refractivity contribution is -0.141. The van der Waals surface area contributed by atoms with Crippen LogP contribution in [0.4, 0.5) is 10.2 Å². The molecule has 1 aliphatic carbocycles. The first-order chi connectivity index (χ1) is 12.0. The minimum absolute atomic E-state index is 0.0625. The minimum atomic E-state index is -2.03. The van der Waals surface area contributed by atoms with Crippen LogP contribution in [0.15, 0.2) is 6.33 Å². The number of aliphatic hydroxyl groups is 2. The van der Waals surface area contributed by atoms with E-state index in [1.165, 1.54) is 17.3 Å². The predicted molar refractivity (Wildman–Crippen MR) is 84.5 cm³/mol. The highest BCUT2D eigenvalue weighted by Gasteiger charge is 2.52. The van der Waals surface area contributed by atoms with E-state index in [0.717, 1.165) is 12.8 Å². The Labute approximate surface area is 142 Å². The summed E-state index contributed by atoms with van der Waals surface area (Å²) in [5, 5.41) is 21.0. The van der Waals surface area contributed by atoms with Gasteiger partial charge in [0, 0.05) is 0 Å². The molecule has 3 atom stereocenters. The van der Waals surface area contributed by atoms with Gasteiger partial charge in [0.25, 0.3) is 0 Å². The lowest BCUT2D eigenvalue weighted by Gasteiger charge is -2.31. The molecular weight excluding hydrogens is 333 g/mol. The number of nitrogen functional groups attached to an aromatic ring is 1. The molecule has 1 saturated heterocycles. The number of aromatic nitrogens is 4. The summed E-state index contributed by atoms with van der Waals surface area (Å²) in [6.45, 7) is -0.683. The van der Waals surface area contributed by atoms with Crippen LogP contribution in [-0.4, -0.2) is 61.8 Å². The summed E-state index contributed by atoms with van der Waals surface area (Å²) in [7, 11) is 0. The number of ether oxygens (including phenoxy) is 2. The van der Waals surface area contributed by atoms with E-state index in [-0.39, 0.29) is 29.6 Å². The zero-order valence-corrected chi connectivity index (χ0v) is 13.5. The second-order valence-electron chi connectivity index (χ2n) is 6.56. The van der Waals surface area contributed by atoms with E-state index in [0.29, 0.717) is 12.5 Å². The van der Waals surface area contributed by atoms with Crippen molar-refractivity contribution in [2.24, 2.45) is 5.92 Å². The summed E-state index contributed by atoms with van der Waals surface area (Å²) in [6.07, 6.45) is 2.08. The van der Waals surface area contributed by atoms with Crippen molar-refractivity contribution in [1.29, 1.82) is 0 Å². The highest BCUT2D eigenvalue weighted by atomic mass is 19.1. The minimum Gasteiger partial charge on any atom is -0.463 e. The van der Waals surface area contributed by atoms with Gasteiger partial charge in [0.05, 0.1) is 19.5 Å². The van der Waals surface area contributed by atoms with Gasteiger partial charge in [0.1, 0.15) is 18.9 Å². The molecule has 9 nitrogen and oxygen atoms in total. The number of alkyl halides is 1. The SMILES string of the molecule is Nc1nc(OCC2CCC2)nc2c1ncn2[C@@]1(O)[C@@H](O)CO[C@@H]1CF. The van der Waals surface area contributed by atoms with Gasteiger partial charge >= 0.3 is 6.01 Å². The summed E-state index contributed by atoms with van der Waals surface area (Å²) in [5.74, 6) is 0.566. The Morgan fingerprint density at radius 2 is 2.24 bits per heavy atom. The summed E-state index contributed by atoms with van der Waals surface area (Å²) in [5.41, 5.74) is 4.27. The van der Waals surface area contributed by atoms with E-state index in [1.807, 2.05) is 0 Å². The lowest BCUT2D eigenvalue weighted by Crippen LogP contribution is -2.50. The van der Waals surface area contributed by atoms with Crippen LogP contribution in [0.25, 0.3) is 11.2 Å². The van der Waals surface area contributed by atoms with Gasteiger partial charge in [-0.25, -0.2) is 9.37 Å². The topological polar surface area (TPSA) is 129 Å². The van der Waals surface area contributed by atoms with Gasteiger partial charge in [-0.15, -0.1) is 0 Å². The van der Waals surface area contributed by atoms with E-state index in [9.17, 15) is 14.6 Å². The van der Waals surface area contributed by atoms with E-state index in [2.05, 4.69) is 15.0 Å². The summed E-state index contributed by atoms with van der Waals surface area (Å²) in [6, 6.07) is 0.0625. The van der Waals surface area contributed by atoms with Crippen LogP contribution < -0.4 is 10.5 Å². The first kappa shape index (κ1) is 16.4. The van der Waals surface area contributed by atoms with Crippen molar-refractivity contribution in [3.8, 4) is 6.01 Å². The largest absolute Gasteiger partial charge is 0.463 e. The Morgan fingerprint density at radius 3 is 2.92 bits per heavy atom. The Morgan fingerprint density at radius 1 is 1.44 bits per heavy atom. The third kappa shape index (κ3) is 2.52. The Hall–Kier alpha value is -2.04. The van der Waals surface area contributed by atoms with Crippen molar-refractivity contribution in [3.63, 3.8) is 0 Å². The van der Waals surface area contributed by atoms with Crippen molar-refractivity contribution < 1.29 is 24.1 Å². The van der Waals surface area contributed by atoms with Crippen molar-refractivity contribution in [1.82, 2.24) is 19.5 Å². The number of fused-ring (bicyclic) bond motifs is 1. The number of halogens is 1. The van der Waals surface area contributed by atoms with Crippen LogP contribution in [0.5, 0.6) is 6.01 Å². The van der Waals surface area contributed by atoms with Crippen molar-refractivity contribution >= 4 is 17.0 Å². The molecule has 1 saturated carbocycles. The number of hydrogen-bond acceptors (Lipinski definition) is 8. The smallest absolute Gasteiger partial charge is 0.320 e. The first-order valence-electron chi connectivity index (χ1n) is 8.26. The van der Waals surface area contributed by atoms with Crippen molar-refractivity contribution in [3.05, 3.63) is 6.33 Å². The fourth-order valence-corrected chi connectivity index (χ4v) is 3.22. The van der Waals surface area contributed by atoms with Gasteiger partial charge in [-0.05, 0) is 18.8 Å². The van der Waals surface area contributed by atoms with Gasteiger partial charge in [0.2, 0.25) is 5.72 Å². The molecule has 0 radical (unpaired) electrons. The van der Waals surface area contributed by atoms with Crippen LogP contribution in [0, 0.1) is 5.92 Å². The Kier molecular flexibility index (Phi) is 3.97. The molecule has 3 heterocycles. The van der Waals surface area contributed by atoms with Crippen molar-refractivity contribution in [2.75, 3.05) is 25.6 Å². The highest BCUT2D eigenvalue weighted by Crippen LogP contribution is 2.35. The summed E-state index contributed by atoms with van der Waals surface area (Å²) < 4.78 is 25.2. The molecule has 2 aliphatic rings. The van der Waals surface area contributed by atoms with Crippen LogP contribution in [0.3, 0.4) is 0 Å². The second kappa shape index (κ2) is 6.04. The molecule has 0 aromatic carbocycles. The van der Waals surface area contributed by atoms with E-state index < -0.39 is 24.6 Å². The second-order valence-corrected chi connectivity index (χ2v) is 6.56. The van der Waals surface area contributed by atoms with E-state index in [1.54, 1.807) is 0 Å². The summed E-state index contributed by atoms with van der Waals surface area (Å²) >= 11 is 0. The zero-order chi connectivity index (χ0) is 17.6. The first-order valence-corrected chi connectivity index (χ1v) is 8.26. The maximum atomic E-state index is 13.3. The fourth-order valence-electron chi connectivity index (χ4n) is 3.22. The molecule has 1 aliphatic heterocycles. The van der Waals surface area contributed by atoms with Gasteiger partial charge in [-0.2, -0.15) is 9.97 Å². The Balaban J connectivity index is 1.72. The molecule has 10 heteroatoms. The van der Waals surface area contributed by atoms with Gasteiger partial charge in [-0.1, -0.05) is 6.42 Å². The third-order valence-electron chi connectivity index (χ3n) is 5.02. The lowest BCUT2D eigenvalue weighted by atomic mass is 9.86. The number of hydrogen-bond donors (Lipinski definition) is 3. The zero-order valence-electron chi connectivity index (χ0n) is 13.5. The highest BCUT2D eigenvalue weighted by molar-refractivity contribution is 5.82. The fraction of sp³-hybridized carbons (Fsp3) is 0.667. The molecular formula is C15H20FN5O4. The van der Waals surface area contributed by atoms with Gasteiger partial charge in [0.15, 0.2) is 17.0 Å². The van der Waals surface area contributed by atoms with Crippen LogP contribution in [-0.2, 0) is 10.5 Å². The summed E-state index contributed by atoms with van der Waals surface area (Å²) in [4.78, 5) is 12.4. The van der Waals surface area contributed by atoms with E-state index >= 15 is 0 Å². The average molecular weight is 353 g/mol.